The van der Waals surface area contributed by atoms with Crippen molar-refractivity contribution < 1.29 is 4.74 Å². The molecule has 68 valence electrons. The van der Waals surface area contributed by atoms with E-state index in [0.29, 0.717) is 0 Å². The smallest absolute Gasteiger partial charge is 0.157 e. The monoisotopic (exact) mass is 186 g/mol. The molecule has 0 saturated heterocycles. The van der Waals surface area contributed by atoms with E-state index in [4.69, 9.17) is 4.74 Å². The van der Waals surface area contributed by atoms with E-state index in [1.807, 2.05) is 25.0 Å². The molecule has 0 atom stereocenters. The molecule has 0 aliphatic heterocycles. The first kappa shape index (κ1) is 9.45. The standard InChI is InChI=1S/C8H14N2OS/c1-10-7-8(6-9-10)11-4-3-5-12-2/h6-7H,3-5H2,1-2H3. The van der Waals surface area contributed by atoms with Gasteiger partial charge in [0.15, 0.2) is 5.75 Å². The van der Waals surface area contributed by atoms with Crippen molar-refractivity contribution in [3.63, 3.8) is 0 Å². The minimum atomic E-state index is 0.784. The minimum Gasteiger partial charge on any atom is -0.490 e. The maximum Gasteiger partial charge on any atom is 0.157 e. The van der Waals surface area contributed by atoms with Gasteiger partial charge in [-0.05, 0) is 18.4 Å². The van der Waals surface area contributed by atoms with Crippen molar-refractivity contribution in [2.24, 2.45) is 7.05 Å². The number of aryl methyl sites for hydroxylation is 1. The molecule has 12 heavy (non-hydrogen) atoms. The number of hydrogen-bond donors (Lipinski definition) is 0. The van der Waals surface area contributed by atoms with Crippen LogP contribution in [0.2, 0.25) is 0 Å². The van der Waals surface area contributed by atoms with Gasteiger partial charge in [-0.2, -0.15) is 16.9 Å². The largest absolute Gasteiger partial charge is 0.490 e. The van der Waals surface area contributed by atoms with Crippen molar-refractivity contribution in [2.75, 3.05) is 18.6 Å². The fourth-order valence-corrected chi connectivity index (χ4v) is 1.27. The zero-order chi connectivity index (χ0) is 8.81. The van der Waals surface area contributed by atoms with Crippen molar-refractivity contribution in [1.29, 1.82) is 0 Å². The Hall–Kier alpha value is -0.640. The lowest BCUT2D eigenvalue weighted by Gasteiger charge is -2.00. The first-order valence-corrected chi connectivity index (χ1v) is 5.32. The first-order chi connectivity index (χ1) is 5.83. The van der Waals surface area contributed by atoms with Crippen LogP contribution < -0.4 is 4.74 Å². The van der Waals surface area contributed by atoms with Gasteiger partial charge >= 0.3 is 0 Å². The highest BCUT2D eigenvalue weighted by atomic mass is 32.2. The fourth-order valence-electron chi connectivity index (χ4n) is 0.867. The number of hydrogen-bond acceptors (Lipinski definition) is 3. The van der Waals surface area contributed by atoms with Crippen molar-refractivity contribution in [3.8, 4) is 5.75 Å². The molecule has 0 radical (unpaired) electrons. The Morgan fingerprint density at radius 3 is 3.08 bits per heavy atom. The van der Waals surface area contributed by atoms with E-state index in [-0.39, 0.29) is 0 Å². The molecule has 0 aliphatic rings. The third-order valence-electron chi connectivity index (χ3n) is 1.44. The van der Waals surface area contributed by atoms with Crippen LogP contribution in [0.4, 0.5) is 0 Å². The summed E-state index contributed by atoms with van der Waals surface area (Å²) in [5.74, 6) is 2.01. The number of aromatic nitrogens is 2. The SMILES string of the molecule is CSCCCOc1cnn(C)c1. The topological polar surface area (TPSA) is 27.1 Å². The van der Waals surface area contributed by atoms with Crippen molar-refractivity contribution in [3.05, 3.63) is 12.4 Å². The molecule has 0 amide bonds. The van der Waals surface area contributed by atoms with Gasteiger partial charge in [-0.25, -0.2) is 0 Å². The predicted octanol–water partition coefficient (Wildman–Crippen LogP) is 1.55. The van der Waals surface area contributed by atoms with Crippen LogP contribution in [-0.4, -0.2) is 28.4 Å². The fraction of sp³-hybridized carbons (Fsp3) is 0.625. The average molecular weight is 186 g/mol. The van der Waals surface area contributed by atoms with Gasteiger partial charge in [0, 0.05) is 7.05 Å². The highest BCUT2D eigenvalue weighted by molar-refractivity contribution is 7.98. The van der Waals surface area contributed by atoms with E-state index in [1.54, 1.807) is 10.9 Å². The van der Waals surface area contributed by atoms with Crippen LogP contribution in [0.15, 0.2) is 12.4 Å². The van der Waals surface area contributed by atoms with Crippen LogP contribution in [0.5, 0.6) is 5.75 Å². The summed E-state index contributed by atoms with van der Waals surface area (Å²) in [5.41, 5.74) is 0. The third kappa shape index (κ3) is 3.17. The molecule has 0 N–H and O–H groups in total. The minimum absolute atomic E-state index is 0.784. The lowest BCUT2D eigenvalue weighted by Crippen LogP contribution is -1.97. The number of thioether (sulfide) groups is 1. The summed E-state index contributed by atoms with van der Waals surface area (Å²) in [6, 6.07) is 0. The molecule has 1 rings (SSSR count). The third-order valence-corrected chi connectivity index (χ3v) is 2.14. The normalized spacial score (nSPS) is 10.2. The molecule has 0 aliphatic carbocycles. The zero-order valence-corrected chi connectivity index (χ0v) is 8.30. The molecular weight excluding hydrogens is 172 g/mol. The van der Waals surface area contributed by atoms with Crippen LogP contribution in [0.1, 0.15) is 6.42 Å². The molecule has 1 aromatic heterocycles. The Morgan fingerprint density at radius 1 is 1.67 bits per heavy atom. The second-order valence-corrected chi connectivity index (χ2v) is 3.53. The highest BCUT2D eigenvalue weighted by Crippen LogP contribution is 2.07. The summed E-state index contributed by atoms with van der Waals surface area (Å²) < 4.78 is 7.17. The van der Waals surface area contributed by atoms with Crippen molar-refractivity contribution >= 4 is 11.8 Å². The summed E-state index contributed by atoms with van der Waals surface area (Å²) in [7, 11) is 1.88. The Bertz CT molecular complexity index is 225. The summed E-state index contributed by atoms with van der Waals surface area (Å²) in [6.07, 6.45) is 6.80. The Labute approximate surface area is 77.1 Å². The Kier molecular flexibility index (Phi) is 4.00. The first-order valence-electron chi connectivity index (χ1n) is 3.93. The molecule has 1 heterocycles. The van der Waals surface area contributed by atoms with E-state index in [2.05, 4.69) is 11.4 Å². The van der Waals surface area contributed by atoms with Gasteiger partial charge in [0.25, 0.3) is 0 Å². The molecule has 3 nitrogen and oxygen atoms in total. The van der Waals surface area contributed by atoms with Crippen LogP contribution in [0, 0.1) is 0 Å². The second-order valence-electron chi connectivity index (χ2n) is 2.54. The van der Waals surface area contributed by atoms with Crippen LogP contribution in [0.25, 0.3) is 0 Å². The van der Waals surface area contributed by atoms with E-state index < -0.39 is 0 Å². The number of rotatable bonds is 5. The van der Waals surface area contributed by atoms with Crippen molar-refractivity contribution in [2.45, 2.75) is 6.42 Å². The van der Waals surface area contributed by atoms with E-state index >= 15 is 0 Å². The summed E-state index contributed by atoms with van der Waals surface area (Å²) in [5, 5.41) is 4.00. The molecule has 0 spiro atoms. The molecule has 0 bridgehead atoms. The highest BCUT2D eigenvalue weighted by Gasteiger charge is 1.94. The molecule has 0 aromatic carbocycles. The van der Waals surface area contributed by atoms with Gasteiger partial charge in [0.2, 0.25) is 0 Å². The Morgan fingerprint density at radius 2 is 2.50 bits per heavy atom. The molecule has 0 unspecified atom stereocenters. The molecular formula is C8H14N2OS. The Balaban J connectivity index is 2.15. The van der Waals surface area contributed by atoms with Gasteiger partial charge in [0.1, 0.15) is 0 Å². The van der Waals surface area contributed by atoms with E-state index in [9.17, 15) is 0 Å². The number of ether oxygens (including phenoxy) is 1. The van der Waals surface area contributed by atoms with E-state index in [0.717, 1.165) is 24.5 Å². The maximum absolute atomic E-state index is 5.43. The maximum atomic E-state index is 5.43. The van der Waals surface area contributed by atoms with Gasteiger partial charge in [-0.15, -0.1) is 0 Å². The summed E-state index contributed by atoms with van der Waals surface area (Å²) >= 11 is 1.84. The van der Waals surface area contributed by atoms with Gasteiger partial charge in [-0.1, -0.05) is 0 Å². The van der Waals surface area contributed by atoms with Gasteiger partial charge in [-0.3, -0.25) is 4.68 Å². The van der Waals surface area contributed by atoms with E-state index in [1.165, 1.54) is 0 Å². The summed E-state index contributed by atoms with van der Waals surface area (Å²) in [6.45, 7) is 0.784. The zero-order valence-electron chi connectivity index (χ0n) is 7.49. The lowest BCUT2D eigenvalue weighted by atomic mass is 10.5. The molecule has 1 aromatic rings. The van der Waals surface area contributed by atoms with Crippen LogP contribution >= 0.6 is 11.8 Å². The second kappa shape index (κ2) is 5.09. The lowest BCUT2D eigenvalue weighted by molar-refractivity contribution is 0.318. The average Bonchev–Trinajstić information content (AvgIpc) is 2.45. The number of nitrogens with zero attached hydrogens (tertiary/aromatic N) is 2. The molecule has 0 fully saturated rings. The van der Waals surface area contributed by atoms with Crippen LogP contribution in [0.3, 0.4) is 0 Å². The van der Waals surface area contributed by atoms with Gasteiger partial charge < -0.3 is 4.74 Å². The quantitative estimate of drug-likeness (QED) is 0.653. The predicted molar refractivity (Wildman–Crippen MR) is 51.7 cm³/mol. The van der Waals surface area contributed by atoms with Crippen molar-refractivity contribution in [1.82, 2.24) is 9.78 Å². The summed E-state index contributed by atoms with van der Waals surface area (Å²) in [4.78, 5) is 0. The molecule has 0 saturated carbocycles. The van der Waals surface area contributed by atoms with Crippen LogP contribution in [-0.2, 0) is 7.05 Å². The van der Waals surface area contributed by atoms with Gasteiger partial charge in [0.05, 0.1) is 19.0 Å². The molecule has 4 heteroatoms.